The first-order valence-electron chi connectivity index (χ1n) is 9.97. The van der Waals surface area contributed by atoms with Gasteiger partial charge in [0, 0.05) is 24.5 Å². The van der Waals surface area contributed by atoms with Gasteiger partial charge in [-0.25, -0.2) is 0 Å². The molecule has 32 heavy (non-hydrogen) atoms. The van der Waals surface area contributed by atoms with E-state index in [0.29, 0.717) is 23.7 Å². The standard InChI is InChI=1S/C23H20F3N3O3/c24-23(25,26)17-6-4-5-16(13-17)21-22(28-10-9-27-21)19-14-29(11-12-31-19)20(30)15-32-18-7-2-1-3-8-18/h1-10,13,19H,11-12,14-15H2/t19-/m1/s1. The Labute approximate surface area is 182 Å². The largest absolute Gasteiger partial charge is 0.484 e. The van der Waals surface area contributed by atoms with Gasteiger partial charge in [0.15, 0.2) is 6.61 Å². The molecule has 0 radical (unpaired) electrons. The van der Waals surface area contributed by atoms with Crippen LogP contribution in [0.15, 0.2) is 67.0 Å². The van der Waals surface area contributed by atoms with Crippen LogP contribution in [0.1, 0.15) is 17.4 Å². The molecular formula is C23H20F3N3O3. The van der Waals surface area contributed by atoms with Crippen molar-refractivity contribution in [3.63, 3.8) is 0 Å². The first-order chi connectivity index (χ1) is 15.4. The molecule has 1 aliphatic rings. The van der Waals surface area contributed by atoms with Gasteiger partial charge in [-0.05, 0) is 24.3 Å². The Morgan fingerprint density at radius 1 is 1.09 bits per heavy atom. The number of nitrogens with zero attached hydrogens (tertiary/aromatic N) is 3. The van der Waals surface area contributed by atoms with Crippen molar-refractivity contribution >= 4 is 5.91 Å². The number of aromatic nitrogens is 2. The molecule has 0 N–H and O–H groups in total. The van der Waals surface area contributed by atoms with Crippen molar-refractivity contribution in [2.45, 2.75) is 12.3 Å². The number of morpholine rings is 1. The molecule has 0 spiro atoms. The van der Waals surface area contributed by atoms with E-state index in [2.05, 4.69) is 9.97 Å². The van der Waals surface area contributed by atoms with Gasteiger partial charge in [-0.15, -0.1) is 0 Å². The second-order valence-electron chi connectivity index (χ2n) is 7.17. The van der Waals surface area contributed by atoms with Crippen molar-refractivity contribution in [2.24, 2.45) is 0 Å². The van der Waals surface area contributed by atoms with Gasteiger partial charge in [0.2, 0.25) is 0 Å². The Morgan fingerprint density at radius 2 is 1.88 bits per heavy atom. The molecule has 0 unspecified atom stereocenters. The molecule has 1 amide bonds. The minimum absolute atomic E-state index is 0.127. The number of hydrogen-bond donors (Lipinski definition) is 0. The summed E-state index contributed by atoms with van der Waals surface area (Å²) in [5.41, 5.74) is 0.181. The van der Waals surface area contributed by atoms with E-state index in [-0.39, 0.29) is 31.2 Å². The summed E-state index contributed by atoms with van der Waals surface area (Å²) in [4.78, 5) is 22.8. The lowest BCUT2D eigenvalue weighted by Gasteiger charge is -2.33. The molecule has 0 bridgehead atoms. The Kier molecular flexibility index (Phi) is 6.36. The third-order valence-corrected chi connectivity index (χ3v) is 5.02. The van der Waals surface area contributed by atoms with Crippen LogP contribution in [0.2, 0.25) is 0 Å². The number of hydrogen-bond acceptors (Lipinski definition) is 5. The minimum Gasteiger partial charge on any atom is -0.484 e. The smallest absolute Gasteiger partial charge is 0.416 e. The number of ether oxygens (including phenoxy) is 2. The summed E-state index contributed by atoms with van der Waals surface area (Å²) in [6, 6.07) is 13.9. The number of carbonyl (C=O) groups excluding carboxylic acids is 1. The Morgan fingerprint density at radius 3 is 2.66 bits per heavy atom. The highest BCUT2D eigenvalue weighted by molar-refractivity contribution is 5.78. The molecule has 1 atom stereocenters. The quantitative estimate of drug-likeness (QED) is 0.593. The average Bonchev–Trinajstić information content (AvgIpc) is 2.83. The first-order valence-corrected chi connectivity index (χ1v) is 9.97. The topological polar surface area (TPSA) is 64.5 Å². The number of rotatable bonds is 5. The fourth-order valence-corrected chi connectivity index (χ4v) is 3.44. The zero-order valence-corrected chi connectivity index (χ0v) is 17.0. The summed E-state index contributed by atoms with van der Waals surface area (Å²) in [6.45, 7) is 0.715. The third-order valence-electron chi connectivity index (χ3n) is 5.02. The van der Waals surface area contributed by atoms with E-state index >= 15 is 0 Å². The number of carbonyl (C=O) groups is 1. The third kappa shape index (κ3) is 5.05. The van der Waals surface area contributed by atoms with Gasteiger partial charge in [0.25, 0.3) is 5.91 Å². The van der Waals surface area contributed by atoms with Crippen LogP contribution in [0.3, 0.4) is 0 Å². The van der Waals surface area contributed by atoms with Gasteiger partial charge in [-0.3, -0.25) is 14.8 Å². The fourth-order valence-electron chi connectivity index (χ4n) is 3.44. The van der Waals surface area contributed by atoms with Crippen LogP contribution in [0.4, 0.5) is 13.2 Å². The van der Waals surface area contributed by atoms with Crippen molar-refractivity contribution in [2.75, 3.05) is 26.3 Å². The second kappa shape index (κ2) is 9.35. The summed E-state index contributed by atoms with van der Waals surface area (Å²) >= 11 is 0. The van der Waals surface area contributed by atoms with Crippen molar-refractivity contribution in [3.8, 4) is 17.0 Å². The molecule has 4 rings (SSSR count). The summed E-state index contributed by atoms with van der Waals surface area (Å²) in [7, 11) is 0. The average molecular weight is 443 g/mol. The molecule has 1 saturated heterocycles. The first kappa shape index (κ1) is 21.8. The van der Waals surface area contributed by atoms with Gasteiger partial charge in [-0.1, -0.05) is 30.3 Å². The maximum atomic E-state index is 13.2. The van der Waals surface area contributed by atoms with Gasteiger partial charge >= 0.3 is 6.18 Å². The van der Waals surface area contributed by atoms with Crippen LogP contribution < -0.4 is 4.74 Å². The van der Waals surface area contributed by atoms with Crippen LogP contribution in [0.5, 0.6) is 5.75 Å². The predicted octanol–water partition coefficient (Wildman–Crippen LogP) is 4.14. The van der Waals surface area contributed by atoms with Crippen LogP contribution in [0, 0.1) is 0 Å². The van der Waals surface area contributed by atoms with E-state index in [1.54, 1.807) is 23.1 Å². The summed E-state index contributed by atoms with van der Waals surface area (Å²) in [6.07, 6.45) is -2.22. The number of halogens is 3. The lowest BCUT2D eigenvalue weighted by atomic mass is 10.0. The van der Waals surface area contributed by atoms with Crippen molar-refractivity contribution in [3.05, 3.63) is 78.2 Å². The van der Waals surface area contributed by atoms with E-state index in [1.807, 2.05) is 18.2 Å². The highest BCUT2D eigenvalue weighted by Crippen LogP contribution is 2.34. The van der Waals surface area contributed by atoms with Crippen LogP contribution in [-0.2, 0) is 15.7 Å². The zero-order chi connectivity index (χ0) is 22.6. The molecule has 0 aliphatic carbocycles. The second-order valence-corrected chi connectivity index (χ2v) is 7.17. The molecule has 2 heterocycles. The van der Waals surface area contributed by atoms with E-state index in [1.165, 1.54) is 18.5 Å². The minimum atomic E-state index is -4.47. The zero-order valence-electron chi connectivity index (χ0n) is 17.0. The van der Waals surface area contributed by atoms with E-state index in [4.69, 9.17) is 9.47 Å². The van der Waals surface area contributed by atoms with Gasteiger partial charge in [0.05, 0.1) is 30.1 Å². The molecule has 1 aromatic heterocycles. The van der Waals surface area contributed by atoms with Gasteiger partial charge in [0.1, 0.15) is 11.9 Å². The molecule has 2 aromatic carbocycles. The molecule has 6 nitrogen and oxygen atoms in total. The maximum absolute atomic E-state index is 13.2. The van der Waals surface area contributed by atoms with Crippen LogP contribution in [-0.4, -0.2) is 47.1 Å². The molecule has 9 heteroatoms. The van der Waals surface area contributed by atoms with E-state index in [9.17, 15) is 18.0 Å². The highest BCUT2D eigenvalue weighted by atomic mass is 19.4. The monoisotopic (exact) mass is 443 g/mol. The molecule has 166 valence electrons. The lowest BCUT2D eigenvalue weighted by Crippen LogP contribution is -2.44. The van der Waals surface area contributed by atoms with Gasteiger partial charge in [-0.2, -0.15) is 13.2 Å². The lowest BCUT2D eigenvalue weighted by molar-refractivity contribution is -0.141. The maximum Gasteiger partial charge on any atom is 0.416 e. The van der Waals surface area contributed by atoms with Crippen LogP contribution in [0.25, 0.3) is 11.3 Å². The Hall–Kier alpha value is -3.46. The molecule has 1 fully saturated rings. The molecule has 1 aliphatic heterocycles. The van der Waals surface area contributed by atoms with Crippen molar-refractivity contribution < 1.29 is 27.4 Å². The summed E-state index contributed by atoms with van der Waals surface area (Å²) < 4.78 is 50.8. The number of amides is 1. The van der Waals surface area contributed by atoms with E-state index < -0.39 is 17.8 Å². The normalized spacial score (nSPS) is 16.6. The molecule has 3 aromatic rings. The molecular weight excluding hydrogens is 423 g/mol. The highest BCUT2D eigenvalue weighted by Gasteiger charge is 2.32. The van der Waals surface area contributed by atoms with Crippen molar-refractivity contribution in [1.82, 2.24) is 14.9 Å². The number of alkyl halides is 3. The predicted molar refractivity (Wildman–Crippen MR) is 110 cm³/mol. The SMILES string of the molecule is O=C(COc1ccccc1)N1CCO[C@@H](c2nccnc2-c2cccc(C(F)(F)F)c2)C1. The number of benzene rings is 2. The number of para-hydroxylation sites is 1. The fraction of sp³-hybridized carbons (Fsp3) is 0.261. The summed E-state index contributed by atoms with van der Waals surface area (Å²) in [5.74, 6) is 0.373. The Balaban J connectivity index is 1.51. The van der Waals surface area contributed by atoms with E-state index in [0.717, 1.165) is 12.1 Å². The summed E-state index contributed by atoms with van der Waals surface area (Å²) in [5, 5.41) is 0. The van der Waals surface area contributed by atoms with Crippen LogP contribution >= 0.6 is 0 Å². The van der Waals surface area contributed by atoms with Gasteiger partial charge < -0.3 is 14.4 Å². The van der Waals surface area contributed by atoms with Crippen molar-refractivity contribution in [1.29, 1.82) is 0 Å². The molecule has 0 saturated carbocycles. The Bertz CT molecular complexity index is 1080.